The van der Waals surface area contributed by atoms with Crippen LogP contribution in [-0.2, 0) is 14.9 Å². The summed E-state index contributed by atoms with van der Waals surface area (Å²) in [5.41, 5.74) is 0.158. The van der Waals surface area contributed by atoms with Crippen molar-refractivity contribution in [1.29, 1.82) is 0 Å². The highest BCUT2D eigenvalue weighted by molar-refractivity contribution is 6.30. The van der Waals surface area contributed by atoms with Gasteiger partial charge in [0, 0.05) is 29.9 Å². The van der Waals surface area contributed by atoms with Gasteiger partial charge in [-0.15, -0.1) is 0 Å². The lowest BCUT2D eigenvalue weighted by atomic mass is 9.72. The fourth-order valence-electron chi connectivity index (χ4n) is 3.10. The summed E-state index contributed by atoms with van der Waals surface area (Å²) in [4.78, 5) is 25.4. The van der Waals surface area contributed by atoms with Crippen LogP contribution in [0.1, 0.15) is 45.6 Å². The molecule has 5 heteroatoms. The smallest absolute Gasteiger partial charge is 0.410 e. The molecule has 1 heterocycles. The fraction of sp³-hybridized carbons (Fsp3) is 0.556. The lowest BCUT2D eigenvalue weighted by Crippen LogP contribution is -2.50. The molecule has 0 N–H and O–H groups in total. The molecule has 0 aliphatic carbocycles. The van der Waals surface area contributed by atoms with Gasteiger partial charge in [-0.2, -0.15) is 0 Å². The molecule has 1 aliphatic rings. The zero-order valence-corrected chi connectivity index (χ0v) is 14.7. The topological polar surface area (TPSA) is 46.6 Å². The summed E-state index contributed by atoms with van der Waals surface area (Å²) in [7, 11) is 0. The normalized spacial score (nSPS) is 21.8. The summed E-state index contributed by atoms with van der Waals surface area (Å²) in [6.07, 6.45) is 2.71. The Morgan fingerprint density at radius 1 is 1.35 bits per heavy atom. The molecule has 4 nitrogen and oxygen atoms in total. The van der Waals surface area contributed by atoms with E-state index in [4.69, 9.17) is 16.3 Å². The largest absolute Gasteiger partial charge is 0.444 e. The third-order valence-corrected chi connectivity index (χ3v) is 4.41. The molecule has 1 saturated heterocycles. The number of nitrogens with zero attached hydrogens (tertiary/aromatic N) is 1. The molecule has 1 aliphatic heterocycles. The second kappa shape index (κ2) is 6.91. The van der Waals surface area contributed by atoms with Crippen molar-refractivity contribution in [2.45, 2.75) is 51.0 Å². The van der Waals surface area contributed by atoms with Crippen molar-refractivity contribution >= 4 is 24.0 Å². The van der Waals surface area contributed by atoms with Crippen LogP contribution in [0.5, 0.6) is 0 Å². The van der Waals surface area contributed by atoms with Gasteiger partial charge in [-0.1, -0.05) is 23.7 Å². The first-order chi connectivity index (χ1) is 10.8. The summed E-state index contributed by atoms with van der Waals surface area (Å²) >= 11 is 5.97. The average Bonchev–Trinajstić information content (AvgIpc) is 2.46. The minimum Gasteiger partial charge on any atom is -0.444 e. The molecule has 23 heavy (non-hydrogen) atoms. The van der Waals surface area contributed by atoms with Crippen molar-refractivity contribution in [2.24, 2.45) is 0 Å². The van der Waals surface area contributed by atoms with Crippen LogP contribution in [-0.4, -0.2) is 36.0 Å². The van der Waals surface area contributed by atoms with Crippen molar-refractivity contribution in [3.05, 3.63) is 34.9 Å². The third kappa shape index (κ3) is 4.47. The van der Waals surface area contributed by atoms with Crippen LogP contribution < -0.4 is 0 Å². The van der Waals surface area contributed by atoms with Crippen LogP contribution in [0.3, 0.4) is 0 Å². The van der Waals surface area contributed by atoms with Gasteiger partial charge >= 0.3 is 6.09 Å². The van der Waals surface area contributed by atoms with Gasteiger partial charge in [0.2, 0.25) is 0 Å². The number of ether oxygens (including phenoxy) is 1. The van der Waals surface area contributed by atoms with Gasteiger partial charge in [0.1, 0.15) is 11.9 Å². The van der Waals surface area contributed by atoms with Crippen molar-refractivity contribution in [1.82, 2.24) is 4.90 Å². The van der Waals surface area contributed by atoms with E-state index in [2.05, 4.69) is 0 Å². The predicted molar refractivity (Wildman–Crippen MR) is 90.9 cm³/mol. The highest BCUT2D eigenvalue weighted by atomic mass is 35.5. The van der Waals surface area contributed by atoms with Gasteiger partial charge in [-0.25, -0.2) is 4.79 Å². The quantitative estimate of drug-likeness (QED) is 0.777. The number of piperidine rings is 1. The highest BCUT2D eigenvalue weighted by Gasteiger charge is 2.39. The molecule has 126 valence electrons. The number of carbonyl (C=O) groups excluding carboxylic acids is 2. The zero-order valence-electron chi connectivity index (χ0n) is 14.0. The number of benzene rings is 1. The second-order valence-electron chi connectivity index (χ2n) is 7.16. The maximum absolute atomic E-state index is 12.4. The maximum atomic E-state index is 12.4. The number of aldehydes is 1. The van der Waals surface area contributed by atoms with Crippen molar-refractivity contribution in [2.75, 3.05) is 13.1 Å². The van der Waals surface area contributed by atoms with E-state index in [1.807, 2.05) is 45.0 Å². The third-order valence-electron chi connectivity index (χ3n) is 4.16. The van der Waals surface area contributed by atoms with Gasteiger partial charge in [0.05, 0.1) is 0 Å². The summed E-state index contributed by atoms with van der Waals surface area (Å²) < 4.78 is 5.48. The number of hydrogen-bond acceptors (Lipinski definition) is 3. The predicted octanol–water partition coefficient (Wildman–Crippen LogP) is 4.20. The fourth-order valence-corrected chi connectivity index (χ4v) is 3.22. The van der Waals surface area contributed by atoms with Gasteiger partial charge < -0.3 is 14.4 Å². The molecule has 2 rings (SSSR count). The molecule has 0 unspecified atom stereocenters. The van der Waals surface area contributed by atoms with E-state index in [9.17, 15) is 9.59 Å². The molecule has 0 bridgehead atoms. The Balaban J connectivity index is 2.24. The van der Waals surface area contributed by atoms with Gasteiger partial charge in [-0.3, -0.25) is 0 Å². The van der Waals surface area contributed by atoms with Gasteiger partial charge in [0.15, 0.2) is 0 Å². The van der Waals surface area contributed by atoms with E-state index < -0.39 is 5.60 Å². The SMILES string of the molecule is CC(C)(C)OC(=O)N1CCC[C@](CC=O)(c2ccc(Cl)cc2)C1. The van der Waals surface area contributed by atoms with Crippen LogP contribution >= 0.6 is 11.6 Å². The minimum atomic E-state index is -0.526. The molecular formula is C18H24ClNO3. The number of halogens is 1. The summed E-state index contributed by atoms with van der Waals surface area (Å²) in [6, 6.07) is 7.56. The average molecular weight is 338 g/mol. The van der Waals surface area contributed by atoms with E-state index in [-0.39, 0.29) is 11.5 Å². The monoisotopic (exact) mass is 337 g/mol. The van der Waals surface area contributed by atoms with E-state index in [1.165, 1.54) is 0 Å². The molecule has 1 atom stereocenters. The van der Waals surface area contributed by atoms with Crippen molar-refractivity contribution in [3.63, 3.8) is 0 Å². The first kappa shape index (κ1) is 17.8. The van der Waals surface area contributed by atoms with Crippen LogP contribution in [0, 0.1) is 0 Å². The Morgan fingerprint density at radius 2 is 2.00 bits per heavy atom. The molecule has 1 aromatic rings. The van der Waals surface area contributed by atoms with Crippen molar-refractivity contribution < 1.29 is 14.3 Å². The Morgan fingerprint density at radius 3 is 2.57 bits per heavy atom. The lowest BCUT2D eigenvalue weighted by Gasteiger charge is -2.42. The summed E-state index contributed by atoms with van der Waals surface area (Å²) in [5, 5.41) is 0.662. The summed E-state index contributed by atoms with van der Waals surface area (Å²) in [5.74, 6) is 0. The second-order valence-corrected chi connectivity index (χ2v) is 7.60. The highest BCUT2D eigenvalue weighted by Crippen LogP contribution is 2.37. The number of amides is 1. The van der Waals surface area contributed by atoms with E-state index in [0.29, 0.717) is 24.5 Å². The molecule has 0 saturated carbocycles. The Hall–Kier alpha value is -1.55. The molecule has 0 spiro atoms. The van der Waals surface area contributed by atoms with Gasteiger partial charge in [-0.05, 0) is 51.3 Å². The van der Waals surface area contributed by atoms with E-state index in [1.54, 1.807) is 4.90 Å². The van der Waals surface area contributed by atoms with Crippen LogP contribution in [0.25, 0.3) is 0 Å². The molecule has 1 fully saturated rings. The van der Waals surface area contributed by atoms with Crippen molar-refractivity contribution in [3.8, 4) is 0 Å². The maximum Gasteiger partial charge on any atom is 0.410 e. The molecular weight excluding hydrogens is 314 g/mol. The van der Waals surface area contributed by atoms with E-state index in [0.717, 1.165) is 24.7 Å². The van der Waals surface area contributed by atoms with E-state index >= 15 is 0 Å². The standard InChI is InChI=1S/C18H24ClNO3/c1-17(2,3)23-16(22)20-11-4-9-18(13-20,10-12-21)14-5-7-15(19)8-6-14/h5-8,12H,4,9-11,13H2,1-3H3/t18-/m1/s1. The number of rotatable bonds is 3. The molecule has 1 amide bonds. The minimum absolute atomic E-state index is 0.318. The molecule has 0 radical (unpaired) electrons. The first-order valence-corrected chi connectivity index (χ1v) is 8.31. The molecule has 0 aromatic heterocycles. The Kier molecular flexibility index (Phi) is 5.35. The van der Waals surface area contributed by atoms with Crippen LogP contribution in [0.2, 0.25) is 5.02 Å². The van der Waals surface area contributed by atoms with Gasteiger partial charge in [0.25, 0.3) is 0 Å². The Labute approximate surface area is 142 Å². The van der Waals surface area contributed by atoms with Crippen LogP contribution in [0.4, 0.5) is 4.79 Å². The zero-order chi connectivity index (χ0) is 17.1. The molecule has 1 aromatic carbocycles. The first-order valence-electron chi connectivity index (χ1n) is 7.93. The number of hydrogen-bond donors (Lipinski definition) is 0. The summed E-state index contributed by atoms with van der Waals surface area (Å²) in [6.45, 7) is 6.71. The Bertz CT molecular complexity index is 565. The lowest BCUT2D eigenvalue weighted by molar-refractivity contribution is -0.109. The number of carbonyl (C=O) groups is 2. The number of likely N-dealkylation sites (tertiary alicyclic amines) is 1. The van der Waals surface area contributed by atoms with Crippen LogP contribution in [0.15, 0.2) is 24.3 Å².